The van der Waals surface area contributed by atoms with Crippen molar-refractivity contribution in [1.82, 2.24) is 0 Å². The van der Waals surface area contributed by atoms with Crippen LogP contribution in [-0.4, -0.2) is 23.3 Å². The van der Waals surface area contributed by atoms with Gasteiger partial charge in [0.05, 0.1) is 16.8 Å². The van der Waals surface area contributed by atoms with E-state index in [1.807, 2.05) is 0 Å². The van der Waals surface area contributed by atoms with Crippen molar-refractivity contribution in [3.63, 3.8) is 0 Å². The van der Waals surface area contributed by atoms with E-state index in [-0.39, 0.29) is 28.9 Å². The fourth-order valence-corrected chi connectivity index (χ4v) is 3.57. The molecule has 1 saturated heterocycles. The number of rotatable bonds is 4. The second-order valence-corrected chi connectivity index (χ2v) is 7.76. The highest BCUT2D eigenvalue weighted by atomic mass is 19.4. The van der Waals surface area contributed by atoms with E-state index in [1.54, 1.807) is 6.92 Å². The topological polar surface area (TPSA) is 57.7 Å². The number of nitrogens with zero attached hydrogens (tertiary/aromatic N) is 2. The minimum Gasteiger partial charge on any atom is -0.294 e. The number of anilines is 2. The van der Waals surface area contributed by atoms with Crippen LogP contribution in [0.4, 0.5) is 33.7 Å². The summed E-state index contributed by atoms with van der Waals surface area (Å²) in [6, 6.07) is 5.78. The Morgan fingerprint density at radius 1 is 1.03 bits per heavy atom. The van der Waals surface area contributed by atoms with E-state index in [4.69, 9.17) is 0 Å². The van der Waals surface area contributed by atoms with Crippen molar-refractivity contribution in [3.8, 4) is 0 Å². The quantitative estimate of drug-likeness (QED) is 0.361. The van der Waals surface area contributed by atoms with Crippen molar-refractivity contribution in [2.24, 2.45) is 0 Å². The number of carbonyl (C=O) groups is 3. The molecule has 0 saturated carbocycles. The summed E-state index contributed by atoms with van der Waals surface area (Å²) < 4.78 is 54.4. The molecular formula is C22H20F4N2O3. The number of Topliss-reactive ketones (excluding diaryl/α,β-unsaturated/α-hetero) is 1. The van der Waals surface area contributed by atoms with Gasteiger partial charge in [-0.05, 0) is 56.7 Å². The first-order valence-electron chi connectivity index (χ1n) is 9.50. The lowest BCUT2D eigenvalue weighted by atomic mass is 10.0. The monoisotopic (exact) mass is 436 g/mol. The standard InChI is InChI=1S/C22H20F4N2O3/c1-5-18(29)15-9-8-14(11-17(15)23)28-20(31)27(19(30)21(28,3)4)13-7-6-12(2)16(10-13)22(24,25)26/h6-11H,5H2,1-4H3. The van der Waals surface area contributed by atoms with Crippen molar-refractivity contribution >= 4 is 29.1 Å². The molecular weight excluding hydrogens is 416 g/mol. The molecule has 1 aliphatic heterocycles. The minimum absolute atomic E-state index is 0.0131. The minimum atomic E-state index is -4.66. The maximum Gasteiger partial charge on any atom is 0.416 e. The molecule has 5 nitrogen and oxygen atoms in total. The van der Waals surface area contributed by atoms with Gasteiger partial charge in [-0.3, -0.25) is 14.5 Å². The summed E-state index contributed by atoms with van der Waals surface area (Å²) in [6.45, 7) is 5.68. The molecule has 0 radical (unpaired) electrons. The van der Waals surface area contributed by atoms with Crippen LogP contribution in [0.25, 0.3) is 0 Å². The average molecular weight is 436 g/mol. The first kappa shape index (κ1) is 22.5. The Balaban J connectivity index is 2.08. The zero-order valence-corrected chi connectivity index (χ0v) is 17.3. The van der Waals surface area contributed by atoms with E-state index in [9.17, 15) is 31.9 Å². The van der Waals surface area contributed by atoms with Gasteiger partial charge in [0, 0.05) is 12.1 Å². The molecule has 31 heavy (non-hydrogen) atoms. The van der Waals surface area contributed by atoms with Crippen molar-refractivity contribution in [1.29, 1.82) is 0 Å². The molecule has 0 aliphatic carbocycles. The van der Waals surface area contributed by atoms with E-state index >= 15 is 0 Å². The van der Waals surface area contributed by atoms with Gasteiger partial charge < -0.3 is 0 Å². The molecule has 3 rings (SSSR count). The Labute approximate surface area is 176 Å². The van der Waals surface area contributed by atoms with E-state index in [0.717, 1.165) is 17.0 Å². The smallest absolute Gasteiger partial charge is 0.294 e. The molecule has 0 atom stereocenters. The normalized spacial score (nSPS) is 16.3. The highest BCUT2D eigenvalue weighted by Gasteiger charge is 2.53. The predicted octanol–water partition coefficient (Wildman–Crippen LogP) is 5.50. The van der Waals surface area contributed by atoms with Gasteiger partial charge in [0.25, 0.3) is 5.91 Å². The first-order chi connectivity index (χ1) is 14.3. The lowest BCUT2D eigenvalue weighted by Gasteiger charge is -2.27. The molecule has 0 spiro atoms. The number of ketones is 1. The number of amides is 3. The highest BCUT2D eigenvalue weighted by Crippen LogP contribution is 2.39. The molecule has 164 valence electrons. The summed E-state index contributed by atoms with van der Waals surface area (Å²) in [7, 11) is 0. The Morgan fingerprint density at radius 2 is 1.65 bits per heavy atom. The zero-order valence-electron chi connectivity index (χ0n) is 17.3. The lowest BCUT2D eigenvalue weighted by molar-refractivity contribution is -0.138. The van der Waals surface area contributed by atoms with Gasteiger partial charge >= 0.3 is 12.2 Å². The van der Waals surface area contributed by atoms with E-state index < -0.39 is 40.8 Å². The van der Waals surface area contributed by atoms with E-state index in [2.05, 4.69) is 0 Å². The van der Waals surface area contributed by atoms with Crippen LogP contribution in [-0.2, 0) is 11.0 Å². The van der Waals surface area contributed by atoms with Crippen molar-refractivity contribution in [3.05, 3.63) is 58.9 Å². The maximum absolute atomic E-state index is 14.5. The third kappa shape index (κ3) is 3.68. The van der Waals surface area contributed by atoms with Gasteiger partial charge in [-0.15, -0.1) is 0 Å². The molecule has 0 N–H and O–H groups in total. The largest absolute Gasteiger partial charge is 0.416 e. The SMILES string of the molecule is CCC(=O)c1ccc(N2C(=O)N(c3ccc(C)c(C(F)(F)F)c3)C(=O)C2(C)C)cc1F. The number of imide groups is 1. The maximum atomic E-state index is 14.5. The fraction of sp³-hybridized carbons (Fsp3) is 0.318. The van der Waals surface area contributed by atoms with Crippen LogP contribution in [0.15, 0.2) is 36.4 Å². The second-order valence-electron chi connectivity index (χ2n) is 7.76. The number of aryl methyl sites for hydroxylation is 1. The summed E-state index contributed by atoms with van der Waals surface area (Å²) in [4.78, 5) is 39.6. The van der Waals surface area contributed by atoms with Crippen LogP contribution >= 0.6 is 0 Å². The van der Waals surface area contributed by atoms with Gasteiger partial charge in [0.15, 0.2) is 5.78 Å². The molecule has 0 bridgehead atoms. The molecule has 1 heterocycles. The van der Waals surface area contributed by atoms with Gasteiger partial charge in [-0.1, -0.05) is 13.0 Å². The van der Waals surface area contributed by atoms with Crippen LogP contribution < -0.4 is 9.80 Å². The Morgan fingerprint density at radius 3 is 2.19 bits per heavy atom. The van der Waals surface area contributed by atoms with E-state index in [1.165, 1.54) is 45.0 Å². The molecule has 3 amide bonds. The first-order valence-corrected chi connectivity index (χ1v) is 9.50. The molecule has 2 aromatic carbocycles. The van der Waals surface area contributed by atoms with Gasteiger partial charge in [-0.25, -0.2) is 14.1 Å². The molecule has 0 aromatic heterocycles. The summed E-state index contributed by atoms with van der Waals surface area (Å²) in [5.41, 5.74) is -2.88. The Hall–Kier alpha value is -3.23. The predicted molar refractivity (Wildman–Crippen MR) is 107 cm³/mol. The molecule has 1 fully saturated rings. The average Bonchev–Trinajstić information content (AvgIpc) is 2.85. The van der Waals surface area contributed by atoms with Crippen molar-refractivity contribution in [2.75, 3.05) is 9.80 Å². The van der Waals surface area contributed by atoms with Gasteiger partial charge in [-0.2, -0.15) is 13.2 Å². The number of carbonyl (C=O) groups excluding carboxylic acids is 3. The molecule has 0 unspecified atom stereocenters. The van der Waals surface area contributed by atoms with Gasteiger partial charge in [0.2, 0.25) is 0 Å². The van der Waals surface area contributed by atoms with Crippen LogP contribution in [0.5, 0.6) is 0 Å². The zero-order chi connectivity index (χ0) is 23.3. The Bertz CT molecular complexity index is 1090. The van der Waals surface area contributed by atoms with Crippen molar-refractivity contribution in [2.45, 2.75) is 45.8 Å². The lowest BCUT2D eigenvalue weighted by Crippen LogP contribution is -2.44. The number of alkyl halides is 3. The number of hydrogen-bond donors (Lipinski definition) is 0. The third-order valence-electron chi connectivity index (χ3n) is 5.29. The summed E-state index contributed by atoms with van der Waals surface area (Å²) in [5, 5.41) is 0. The number of benzene rings is 2. The molecule has 1 aliphatic rings. The summed E-state index contributed by atoms with van der Waals surface area (Å²) in [5.74, 6) is -2.04. The van der Waals surface area contributed by atoms with Crippen LogP contribution in [0.3, 0.4) is 0 Å². The number of urea groups is 1. The Kier molecular flexibility index (Phi) is 5.41. The van der Waals surface area contributed by atoms with Gasteiger partial charge in [0.1, 0.15) is 11.4 Å². The van der Waals surface area contributed by atoms with Crippen molar-refractivity contribution < 1.29 is 31.9 Å². The second kappa shape index (κ2) is 7.47. The van der Waals surface area contributed by atoms with Crippen LogP contribution in [0, 0.1) is 12.7 Å². The van der Waals surface area contributed by atoms with E-state index in [0.29, 0.717) is 4.90 Å². The fourth-order valence-electron chi connectivity index (χ4n) is 3.57. The highest BCUT2D eigenvalue weighted by molar-refractivity contribution is 6.30. The summed E-state index contributed by atoms with van der Waals surface area (Å²) >= 11 is 0. The van der Waals surface area contributed by atoms with Crippen LogP contribution in [0.2, 0.25) is 0 Å². The van der Waals surface area contributed by atoms with Crippen LogP contribution in [0.1, 0.15) is 48.7 Å². The summed E-state index contributed by atoms with van der Waals surface area (Å²) in [6.07, 6.45) is -4.57. The number of hydrogen-bond acceptors (Lipinski definition) is 3. The third-order valence-corrected chi connectivity index (χ3v) is 5.29. The molecule has 9 heteroatoms. The molecule has 2 aromatic rings. The number of halogens is 4.